The van der Waals surface area contributed by atoms with Crippen molar-refractivity contribution in [3.63, 3.8) is 0 Å². The zero-order valence-corrected chi connectivity index (χ0v) is 19.5. The molecule has 1 amide bonds. The molecule has 4 aromatic rings. The van der Waals surface area contributed by atoms with E-state index in [9.17, 15) is 13.2 Å². The van der Waals surface area contributed by atoms with Crippen LogP contribution in [0, 0.1) is 0 Å². The Kier molecular flexibility index (Phi) is 6.41. The maximum Gasteiger partial charge on any atom is 0.255 e. The highest BCUT2D eigenvalue weighted by Crippen LogP contribution is 2.25. The largest absolute Gasteiger partial charge is 0.322 e. The fourth-order valence-corrected chi connectivity index (χ4v) is 5.87. The van der Waals surface area contributed by atoms with Gasteiger partial charge in [-0.3, -0.25) is 4.79 Å². The Balaban J connectivity index is 1.52. The molecule has 1 heterocycles. The van der Waals surface area contributed by atoms with Gasteiger partial charge in [0.1, 0.15) is 0 Å². The number of sulfonamides is 1. The molecule has 3 aromatic carbocycles. The van der Waals surface area contributed by atoms with Crippen LogP contribution in [0.4, 0.5) is 5.69 Å². The molecule has 0 atom stereocenters. The van der Waals surface area contributed by atoms with Crippen molar-refractivity contribution in [3.05, 3.63) is 95.4 Å². The van der Waals surface area contributed by atoms with E-state index in [0.29, 0.717) is 11.3 Å². The molecular formula is C25H24N2O3S2. The predicted octanol–water partition coefficient (Wildman–Crippen LogP) is 5.75. The molecule has 1 N–H and O–H groups in total. The van der Waals surface area contributed by atoms with E-state index in [-0.39, 0.29) is 23.4 Å². The lowest BCUT2D eigenvalue weighted by Gasteiger charge is -2.26. The maximum absolute atomic E-state index is 13.3. The van der Waals surface area contributed by atoms with Crippen LogP contribution in [0.5, 0.6) is 0 Å². The fourth-order valence-electron chi connectivity index (χ4n) is 3.47. The lowest BCUT2D eigenvalue weighted by molar-refractivity contribution is 0.102. The third-order valence-corrected chi connectivity index (χ3v) is 8.12. The predicted molar refractivity (Wildman–Crippen MR) is 131 cm³/mol. The van der Waals surface area contributed by atoms with E-state index in [0.717, 1.165) is 15.6 Å². The van der Waals surface area contributed by atoms with Gasteiger partial charge < -0.3 is 5.32 Å². The molecule has 7 heteroatoms. The van der Waals surface area contributed by atoms with E-state index in [2.05, 4.69) is 5.32 Å². The highest BCUT2D eigenvalue weighted by Gasteiger charge is 2.27. The van der Waals surface area contributed by atoms with E-state index < -0.39 is 10.0 Å². The first kappa shape index (κ1) is 22.2. The van der Waals surface area contributed by atoms with Gasteiger partial charge in [0.2, 0.25) is 10.0 Å². The summed E-state index contributed by atoms with van der Waals surface area (Å²) in [6.07, 6.45) is 0. The van der Waals surface area contributed by atoms with Crippen molar-refractivity contribution in [1.82, 2.24) is 4.31 Å². The number of benzene rings is 3. The van der Waals surface area contributed by atoms with Crippen LogP contribution in [-0.4, -0.2) is 24.7 Å². The zero-order valence-electron chi connectivity index (χ0n) is 17.9. The fraction of sp³-hybridized carbons (Fsp3) is 0.160. The molecule has 5 nitrogen and oxygen atoms in total. The number of rotatable bonds is 7. The Morgan fingerprint density at radius 2 is 1.69 bits per heavy atom. The minimum absolute atomic E-state index is 0.165. The van der Waals surface area contributed by atoms with E-state index >= 15 is 0 Å². The number of thiophene rings is 1. The van der Waals surface area contributed by atoms with E-state index in [1.165, 1.54) is 16.4 Å². The molecule has 32 heavy (non-hydrogen) atoms. The van der Waals surface area contributed by atoms with Gasteiger partial charge in [-0.05, 0) is 78.7 Å². The summed E-state index contributed by atoms with van der Waals surface area (Å²) in [5.41, 5.74) is 2.02. The minimum atomic E-state index is -3.71. The first-order valence-electron chi connectivity index (χ1n) is 10.3. The molecule has 0 aliphatic carbocycles. The van der Waals surface area contributed by atoms with Crippen molar-refractivity contribution in [2.24, 2.45) is 0 Å². The monoisotopic (exact) mass is 464 g/mol. The minimum Gasteiger partial charge on any atom is -0.322 e. The summed E-state index contributed by atoms with van der Waals surface area (Å²) in [6.45, 7) is 3.99. The molecule has 4 rings (SSSR count). The van der Waals surface area contributed by atoms with Gasteiger partial charge in [-0.25, -0.2) is 8.42 Å². The van der Waals surface area contributed by atoms with Crippen molar-refractivity contribution in [2.75, 3.05) is 5.32 Å². The molecule has 0 unspecified atom stereocenters. The molecule has 0 radical (unpaired) electrons. The Bertz CT molecular complexity index is 1330. The summed E-state index contributed by atoms with van der Waals surface area (Å²) in [6, 6.07) is 23.1. The van der Waals surface area contributed by atoms with E-state index in [1.54, 1.807) is 23.5 Å². The van der Waals surface area contributed by atoms with E-state index in [4.69, 9.17) is 0 Å². The number of hydrogen-bond donors (Lipinski definition) is 1. The Morgan fingerprint density at radius 3 is 2.38 bits per heavy atom. The van der Waals surface area contributed by atoms with Gasteiger partial charge in [0.25, 0.3) is 5.91 Å². The standard InChI is InChI=1S/C25H24N2O3S2/c1-18(2)27(17-19-6-4-3-5-7-19)32(29,30)23-11-8-20(9-12-23)25(28)26-22-10-13-24-21(16-22)14-15-31-24/h3-16,18H,17H2,1-2H3,(H,26,28). The van der Waals surface area contributed by atoms with Crippen LogP contribution < -0.4 is 5.32 Å². The summed E-state index contributed by atoms with van der Waals surface area (Å²) in [7, 11) is -3.71. The van der Waals surface area contributed by atoms with Gasteiger partial charge in [0.05, 0.1) is 4.90 Å². The lowest BCUT2D eigenvalue weighted by atomic mass is 10.2. The summed E-state index contributed by atoms with van der Waals surface area (Å²) < 4.78 is 29.2. The van der Waals surface area contributed by atoms with Gasteiger partial charge >= 0.3 is 0 Å². The molecule has 1 aromatic heterocycles. The second kappa shape index (κ2) is 9.24. The number of amides is 1. The van der Waals surface area contributed by atoms with Crippen LogP contribution in [0.1, 0.15) is 29.8 Å². The quantitative estimate of drug-likeness (QED) is 0.378. The van der Waals surface area contributed by atoms with Crippen LogP contribution in [-0.2, 0) is 16.6 Å². The Morgan fingerprint density at radius 1 is 0.969 bits per heavy atom. The molecule has 164 valence electrons. The van der Waals surface area contributed by atoms with E-state index in [1.807, 2.05) is 73.8 Å². The second-order valence-electron chi connectivity index (χ2n) is 7.78. The topological polar surface area (TPSA) is 66.5 Å². The first-order chi connectivity index (χ1) is 15.3. The maximum atomic E-state index is 13.3. The SMILES string of the molecule is CC(C)N(Cc1ccccc1)S(=O)(=O)c1ccc(C(=O)Nc2ccc3sccc3c2)cc1. The van der Waals surface area contributed by atoms with Gasteiger partial charge in [0.15, 0.2) is 0 Å². The highest BCUT2D eigenvalue weighted by molar-refractivity contribution is 7.89. The smallest absolute Gasteiger partial charge is 0.255 e. The summed E-state index contributed by atoms with van der Waals surface area (Å²) >= 11 is 1.65. The van der Waals surface area contributed by atoms with Crippen molar-refractivity contribution < 1.29 is 13.2 Å². The van der Waals surface area contributed by atoms with Gasteiger partial charge in [-0.2, -0.15) is 4.31 Å². The van der Waals surface area contributed by atoms with Crippen molar-refractivity contribution in [1.29, 1.82) is 0 Å². The van der Waals surface area contributed by atoms with Crippen molar-refractivity contribution in [3.8, 4) is 0 Å². The molecule has 0 saturated heterocycles. The molecule has 0 saturated carbocycles. The number of anilines is 1. The molecule has 0 aliphatic heterocycles. The molecular weight excluding hydrogens is 440 g/mol. The average Bonchev–Trinajstić information content (AvgIpc) is 3.26. The number of carbonyl (C=O) groups is 1. The van der Waals surface area contributed by atoms with Gasteiger partial charge in [-0.15, -0.1) is 11.3 Å². The van der Waals surface area contributed by atoms with Crippen LogP contribution >= 0.6 is 11.3 Å². The van der Waals surface area contributed by atoms with Crippen molar-refractivity contribution in [2.45, 2.75) is 31.3 Å². The average molecular weight is 465 g/mol. The van der Waals surface area contributed by atoms with Crippen LogP contribution in [0.25, 0.3) is 10.1 Å². The number of nitrogens with zero attached hydrogens (tertiary/aromatic N) is 1. The molecule has 0 aliphatic rings. The summed E-state index contributed by atoms with van der Waals surface area (Å²) in [4.78, 5) is 12.8. The normalized spacial score (nSPS) is 11.9. The Labute approximate surface area is 192 Å². The summed E-state index contributed by atoms with van der Waals surface area (Å²) in [5.74, 6) is -0.284. The van der Waals surface area contributed by atoms with Crippen molar-refractivity contribution >= 4 is 43.0 Å². The third kappa shape index (κ3) is 4.75. The van der Waals surface area contributed by atoms with Crippen LogP contribution in [0.15, 0.2) is 89.1 Å². The van der Waals surface area contributed by atoms with Gasteiger partial charge in [-0.1, -0.05) is 30.3 Å². The summed E-state index contributed by atoms with van der Waals surface area (Å²) in [5, 5.41) is 5.96. The van der Waals surface area contributed by atoms with Gasteiger partial charge in [0, 0.05) is 28.5 Å². The highest BCUT2D eigenvalue weighted by atomic mass is 32.2. The second-order valence-corrected chi connectivity index (χ2v) is 10.6. The number of fused-ring (bicyclic) bond motifs is 1. The van der Waals surface area contributed by atoms with Crippen LogP contribution in [0.2, 0.25) is 0 Å². The van der Waals surface area contributed by atoms with Crippen LogP contribution in [0.3, 0.4) is 0 Å². The number of carbonyl (C=O) groups excluding carboxylic acids is 1. The Hall–Kier alpha value is -3.00. The zero-order chi connectivity index (χ0) is 22.7. The molecule has 0 bridgehead atoms. The first-order valence-corrected chi connectivity index (χ1v) is 12.6. The third-order valence-electron chi connectivity index (χ3n) is 5.19. The molecule has 0 fully saturated rings. The lowest BCUT2D eigenvalue weighted by Crippen LogP contribution is -2.36. The number of hydrogen-bond acceptors (Lipinski definition) is 4. The number of nitrogens with one attached hydrogen (secondary N) is 1. The molecule has 0 spiro atoms.